The van der Waals surface area contributed by atoms with E-state index in [1.54, 1.807) is 5.57 Å². The lowest BCUT2D eigenvalue weighted by Gasteiger charge is -2.32. The average molecular weight is 508 g/mol. The Bertz CT molecular complexity index is 1070. The molecule has 0 aliphatic carbocycles. The van der Waals surface area contributed by atoms with E-state index in [-0.39, 0.29) is 0 Å². The molecule has 0 amide bonds. The van der Waals surface area contributed by atoms with Crippen molar-refractivity contribution in [1.29, 1.82) is 0 Å². The highest BCUT2D eigenvalue weighted by molar-refractivity contribution is 5.57. The lowest BCUT2D eigenvalue weighted by Crippen LogP contribution is -2.34. The summed E-state index contributed by atoms with van der Waals surface area (Å²) in [5.41, 5.74) is 7.24. The van der Waals surface area contributed by atoms with Gasteiger partial charge in [0.25, 0.3) is 0 Å². The van der Waals surface area contributed by atoms with Gasteiger partial charge in [-0.05, 0) is 61.0 Å². The van der Waals surface area contributed by atoms with Crippen LogP contribution in [0.5, 0.6) is 0 Å². The van der Waals surface area contributed by atoms with Crippen LogP contribution < -0.4 is 5.32 Å². The van der Waals surface area contributed by atoms with Crippen molar-refractivity contribution in [3.63, 3.8) is 0 Å². The van der Waals surface area contributed by atoms with Crippen molar-refractivity contribution < 1.29 is 0 Å². The first-order chi connectivity index (χ1) is 18.8. The quantitative estimate of drug-likeness (QED) is 0.299. The molecule has 200 valence electrons. The molecular formula is C35H45N3. The Kier molecular flexibility index (Phi) is 10.2. The van der Waals surface area contributed by atoms with Gasteiger partial charge in [-0.3, -0.25) is 0 Å². The Morgan fingerprint density at radius 1 is 0.658 bits per heavy atom. The third-order valence-electron chi connectivity index (χ3n) is 8.38. The monoisotopic (exact) mass is 507 g/mol. The van der Waals surface area contributed by atoms with E-state index in [0.29, 0.717) is 5.92 Å². The van der Waals surface area contributed by atoms with Crippen molar-refractivity contribution >= 4 is 6.08 Å². The topological polar surface area (TPSA) is 18.5 Å². The number of benzene rings is 3. The van der Waals surface area contributed by atoms with Gasteiger partial charge < -0.3 is 15.1 Å². The minimum Gasteiger partial charge on any atom is -0.311 e. The summed E-state index contributed by atoms with van der Waals surface area (Å²) in [5, 5.41) is 3.73. The van der Waals surface area contributed by atoms with E-state index in [9.17, 15) is 0 Å². The van der Waals surface area contributed by atoms with Gasteiger partial charge >= 0.3 is 0 Å². The van der Waals surface area contributed by atoms with Crippen LogP contribution >= 0.6 is 0 Å². The molecular weight excluding hydrogens is 462 g/mol. The van der Waals surface area contributed by atoms with Crippen LogP contribution in [-0.2, 0) is 6.54 Å². The number of nitrogens with one attached hydrogen (secondary N) is 1. The van der Waals surface area contributed by atoms with E-state index < -0.39 is 0 Å². The molecule has 2 aliphatic heterocycles. The molecule has 5 rings (SSSR count). The Balaban J connectivity index is 1.15. The highest BCUT2D eigenvalue weighted by Gasteiger charge is 2.21. The summed E-state index contributed by atoms with van der Waals surface area (Å²) in [6.07, 6.45) is 10.4. The van der Waals surface area contributed by atoms with E-state index in [1.165, 1.54) is 67.6 Å². The van der Waals surface area contributed by atoms with E-state index in [0.717, 1.165) is 45.6 Å². The summed E-state index contributed by atoms with van der Waals surface area (Å²) in [6, 6.07) is 31.0. The zero-order valence-electron chi connectivity index (χ0n) is 23.0. The van der Waals surface area contributed by atoms with Crippen molar-refractivity contribution in [2.75, 3.05) is 45.8 Å². The van der Waals surface area contributed by atoms with Crippen molar-refractivity contribution in [2.45, 2.75) is 51.0 Å². The van der Waals surface area contributed by atoms with Crippen LogP contribution in [0.3, 0.4) is 0 Å². The minimum atomic E-state index is 0.420. The molecule has 2 saturated heterocycles. The van der Waals surface area contributed by atoms with Crippen LogP contribution in [0.1, 0.15) is 66.7 Å². The fourth-order valence-corrected chi connectivity index (χ4v) is 6.08. The molecule has 0 aromatic heterocycles. The molecule has 0 atom stereocenters. The van der Waals surface area contributed by atoms with Gasteiger partial charge in [0.2, 0.25) is 0 Å². The van der Waals surface area contributed by atoms with Crippen molar-refractivity contribution in [2.24, 2.45) is 0 Å². The molecule has 0 spiro atoms. The predicted octanol–water partition coefficient (Wildman–Crippen LogP) is 6.96. The normalized spacial score (nSPS) is 17.4. The summed E-state index contributed by atoms with van der Waals surface area (Å²) in [7, 11) is 0. The van der Waals surface area contributed by atoms with Gasteiger partial charge in [0.1, 0.15) is 0 Å². The third-order valence-corrected chi connectivity index (χ3v) is 8.38. The van der Waals surface area contributed by atoms with Crippen molar-refractivity contribution in [3.8, 4) is 0 Å². The molecule has 38 heavy (non-hydrogen) atoms. The van der Waals surface area contributed by atoms with Crippen LogP contribution in [-0.4, -0.2) is 55.6 Å². The standard InChI is InChI=1S/C35H45N3/c1-2-12-23-37(22-11-1)26-21-36-28-34-18-10-9-17-33(34)27-30-19-24-38(25-20-30)29-35(31-13-5-3-6-14-31)32-15-7-4-8-16-32/h3-10,13-18,27,35-36H,1-2,11-12,19-26,28-29H2. The predicted molar refractivity (Wildman–Crippen MR) is 161 cm³/mol. The molecule has 2 heterocycles. The van der Waals surface area contributed by atoms with E-state index in [4.69, 9.17) is 0 Å². The van der Waals surface area contributed by atoms with Crippen LogP contribution in [0.2, 0.25) is 0 Å². The Morgan fingerprint density at radius 2 is 1.26 bits per heavy atom. The maximum absolute atomic E-state index is 3.73. The first-order valence-corrected chi connectivity index (χ1v) is 14.9. The average Bonchev–Trinajstić information content (AvgIpc) is 3.26. The smallest absolute Gasteiger partial charge is 0.0217 e. The molecule has 2 aliphatic rings. The molecule has 3 nitrogen and oxygen atoms in total. The van der Waals surface area contributed by atoms with Crippen LogP contribution in [0.15, 0.2) is 90.5 Å². The van der Waals surface area contributed by atoms with Gasteiger partial charge in [0.15, 0.2) is 0 Å². The molecule has 3 aromatic carbocycles. The maximum atomic E-state index is 3.73. The number of hydrogen-bond donors (Lipinski definition) is 1. The molecule has 3 heteroatoms. The van der Waals surface area contributed by atoms with Gasteiger partial charge in [0, 0.05) is 45.2 Å². The number of nitrogens with zero attached hydrogens (tertiary/aromatic N) is 2. The Labute approximate surface area is 230 Å². The molecule has 1 N–H and O–H groups in total. The van der Waals surface area contributed by atoms with Crippen molar-refractivity contribution in [1.82, 2.24) is 15.1 Å². The largest absolute Gasteiger partial charge is 0.311 e. The third kappa shape index (κ3) is 7.89. The molecule has 0 saturated carbocycles. The first kappa shape index (κ1) is 26.9. The number of rotatable bonds is 10. The summed E-state index contributed by atoms with van der Waals surface area (Å²) < 4.78 is 0. The minimum absolute atomic E-state index is 0.420. The molecule has 2 fully saturated rings. The summed E-state index contributed by atoms with van der Waals surface area (Å²) in [6.45, 7) is 9.11. The second kappa shape index (κ2) is 14.4. The number of likely N-dealkylation sites (tertiary alicyclic amines) is 2. The highest BCUT2D eigenvalue weighted by atomic mass is 15.1. The number of hydrogen-bond acceptors (Lipinski definition) is 3. The second-order valence-corrected chi connectivity index (χ2v) is 11.1. The fourth-order valence-electron chi connectivity index (χ4n) is 6.08. The van der Waals surface area contributed by atoms with Gasteiger partial charge in [-0.1, -0.05) is 109 Å². The van der Waals surface area contributed by atoms with E-state index in [2.05, 4.69) is 106 Å². The zero-order chi connectivity index (χ0) is 25.8. The van der Waals surface area contributed by atoms with Gasteiger partial charge in [-0.2, -0.15) is 0 Å². The Hall–Kier alpha value is -2.72. The fraction of sp³-hybridized carbons (Fsp3) is 0.429. The Morgan fingerprint density at radius 3 is 1.92 bits per heavy atom. The molecule has 0 bridgehead atoms. The summed E-state index contributed by atoms with van der Waals surface area (Å²) in [4.78, 5) is 5.31. The molecule has 0 radical (unpaired) electrons. The lowest BCUT2D eigenvalue weighted by atomic mass is 9.90. The van der Waals surface area contributed by atoms with Gasteiger partial charge in [0.05, 0.1) is 0 Å². The van der Waals surface area contributed by atoms with Gasteiger partial charge in [-0.15, -0.1) is 0 Å². The van der Waals surface area contributed by atoms with E-state index >= 15 is 0 Å². The van der Waals surface area contributed by atoms with E-state index in [1.807, 2.05) is 0 Å². The first-order valence-electron chi connectivity index (χ1n) is 14.9. The zero-order valence-corrected chi connectivity index (χ0v) is 23.0. The van der Waals surface area contributed by atoms with Crippen LogP contribution in [0, 0.1) is 0 Å². The van der Waals surface area contributed by atoms with Crippen LogP contribution in [0.4, 0.5) is 0 Å². The second-order valence-electron chi connectivity index (χ2n) is 11.1. The maximum Gasteiger partial charge on any atom is 0.0217 e. The summed E-state index contributed by atoms with van der Waals surface area (Å²) in [5.74, 6) is 0.420. The SMILES string of the molecule is C(=C1CCN(CC(c2ccccc2)c2ccccc2)CC1)c1ccccc1CNCCN1CCCCCC1. The lowest BCUT2D eigenvalue weighted by molar-refractivity contribution is 0.249. The van der Waals surface area contributed by atoms with Crippen molar-refractivity contribution in [3.05, 3.63) is 113 Å². The molecule has 3 aromatic rings. The van der Waals surface area contributed by atoms with Gasteiger partial charge in [-0.25, -0.2) is 0 Å². The van der Waals surface area contributed by atoms with Crippen LogP contribution in [0.25, 0.3) is 6.08 Å². The summed E-state index contributed by atoms with van der Waals surface area (Å²) >= 11 is 0. The number of piperidine rings is 1. The molecule has 0 unspecified atom stereocenters. The highest BCUT2D eigenvalue weighted by Crippen LogP contribution is 2.28.